The molecule has 0 spiro atoms. The first kappa shape index (κ1) is 10.9. The van der Waals surface area contributed by atoms with E-state index in [1.54, 1.807) is 12.4 Å². The number of ether oxygens (including phenoxy) is 1. The minimum Gasteiger partial charge on any atom is -0.465 e. The largest absolute Gasteiger partial charge is 0.465 e. The predicted octanol–water partition coefficient (Wildman–Crippen LogP) is 0.927. The maximum Gasteiger partial charge on any atom is 0.325 e. The molecular formula is C8H13N3O2S. The third kappa shape index (κ3) is 2.95. The van der Waals surface area contributed by atoms with Gasteiger partial charge in [0.2, 0.25) is 5.13 Å². The summed E-state index contributed by atoms with van der Waals surface area (Å²) in [6, 6.07) is 0. The molecule has 0 aliphatic carbocycles. The molecule has 6 heteroatoms. The molecular weight excluding hydrogens is 202 g/mol. The van der Waals surface area contributed by atoms with Crippen LogP contribution in [0.25, 0.3) is 0 Å². The van der Waals surface area contributed by atoms with E-state index in [2.05, 4.69) is 10.2 Å². The maximum atomic E-state index is 11.2. The first-order valence-electron chi connectivity index (χ1n) is 4.44. The number of carbonyl (C=O) groups is 1. The summed E-state index contributed by atoms with van der Waals surface area (Å²) in [5.41, 5.74) is 1.64. The molecule has 14 heavy (non-hydrogen) atoms. The molecule has 0 N–H and O–H groups in total. The van der Waals surface area contributed by atoms with Crippen molar-refractivity contribution in [3.05, 3.63) is 5.51 Å². The third-order valence-electron chi connectivity index (χ3n) is 1.63. The van der Waals surface area contributed by atoms with Crippen molar-refractivity contribution in [3.8, 4) is 0 Å². The van der Waals surface area contributed by atoms with E-state index in [9.17, 15) is 4.79 Å². The summed E-state index contributed by atoms with van der Waals surface area (Å²) >= 11 is 1.41. The quantitative estimate of drug-likeness (QED) is 0.684. The van der Waals surface area contributed by atoms with E-state index in [1.165, 1.54) is 11.3 Å². The highest BCUT2D eigenvalue weighted by molar-refractivity contribution is 7.13. The van der Waals surface area contributed by atoms with Gasteiger partial charge in [-0.05, 0) is 13.8 Å². The number of aromatic nitrogens is 2. The number of hydrogen-bond acceptors (Lipinski definition) is 6. The average Bonchev–Trinajstić information content (AvgIpc) is 2.67. The fraction of sp³-hybridized carbons (Fsp3) is 0.625. The van der Waals surface area contributed by atoms with Crippen molar-refractivity contribution in [2.75, 3.05) is 24.6 Å². The van der Waals surface area contributed by atoms with Gasteiger partial charge in [-0.15, -0.1) is 10.2 Å². The lowest BCUT2D eigenvalue weighted by Crippen LogP contribution is -2.30. The van der Waals surface area contributed by atoms with Crippen LogP contribution in [0.1, 0.15) is 13.8 Å². The number of anilines is 1. The summed E-state index contributed by atoms with van der Waals surface area (Å²) in [6.45, 7) is 5.11. The van der Waals surface area contributed by atoms with Crippen LogP contribution in [-0.4, -0.2) is 35.9 Å². The zero-order chi connectivity index (χ0) is 10.4. The van der Waals surface area contributed by atoms with Crippen molar-refractivity contribution < 1.29 is 9.53 Å². The average molecular weight is 215 g/mol. The van der Waals surface area contributed by atoms with E-state index in [-0.39, 0.29) is 12.5 Å². The van der Waals surface area contributed by atoms with Gasteiger partial charge in [-0.2, -0.15) is 0 Å². The fourth-order valence-corrected chi connectivity index (χ4v) is 1.61. The molecule has 0 bridgehead atoms. The van der Waals surface area contributed by atoms with Crippen LogP contribution >= 0.6 is 11.3 Å². The van der Waals surface area contributed by atoms with Crippen LogP contribution in [-0.2, 0) is 9.53 Å². The summed E-state index contributed by atoms with van der Waals surface area (Å²) in [5, 5.41) is 8.36. The van der Waals surface area contributed by atoms with Gasteiger partial charge >= 0.3 is 5.97 Å². The molecule has 0 aliphatic rings. The summed E-state index contributed by atoms with van der Waals surface area (Å²) in [4.78, 5) is 13.0. The van der Waals surface area contributed by atoms with Gasteiger partial charge in [0.05, 0.1) is 6.61 Å². The number of nitrogens with zero attached hydrogens (tertiary/aromatic N) is 3. The van der Waals surface area contributed by atoms with E-state index in [1.807, 2.05) is 11.8 Å². The molecule has 1 aromatic rings. The number of carbonyl (C=O) groups excluding carboxylic acids is 1. The smallest absolute Gasteiger partial charge is 0.325 e. The number of esters is 1. The van der Waals surface area contributed by atoms with Gasteiger partial charge in [0, 0.05) is 6.54 Å². The molecule has 0 unspecified atom stereocenters. The molecule has 0 saturated carbocycles. The molecule has 0 aliphatic heterocycles. The summed E-state index contributed by atoms with van der Waals surface area (Å²) in [7, 11) is 0. The van der Waals surface area contributed by atoms with Crippen molar-refractivity contribution in [3.63, 3.8) is 0 Å². The Morgan fingerprint density at radius 3 is 2.93 bits per heavy atom. The van der Waals surface area contributed by atoms with Crippen LogP contribution in [0.4, 0.5) is 5.13 Å². The van der Waals surface area contributed by atoms with Gasteiger partial charge in [-0.25, -0.2) is 0 Å². The standard InChI is InChI=1S/C8H13N3O2S/c1-3-11(5-7(12)13-4-2)8-10-9-6-14-8/h6H,3-5H2,1-2H3. The second-order valence-electron chi connectivity index (χ2n) is 2.54. The Labute approximate surface area is 86.7 Å². The van der Waals surface area contributed by atoms with Crippen LogP contribution in [0.5, 0.6) is 0 Å². The van der Waals surface area contributed by atoms with Gasteiger partial charge in [0.15, 0.2) is 0 Å². The second kappa shape index (κ2) is 5.54. The molecule has 0 fully saturated rings. The summed E-state index contributed by atoms with van der Waals surface area (Å²) < 4.78 is 4.85. The monoisotopic (exact) mass is 215 g/mol. The lowest BCUT2D eigenvalue weighted by Gasteiger charge is -2.17. The molecule has 1 rings (SSSR count). The number of hydrogen-bond donors (Lipinski definition) is 0. The Hall–Kier alpha value is -1.17. The van der Waals surface area contributed by atoms with Crippen LogP contribution in [0, 0.1) is 0 Å². The van der Waals surface area contributed by atoms with E-state index in [4.69, 9.17) is 4.74 Å². The minimum atomic E-state index is -0.232. The summed E-state index contributed by atoms with van der Waals surface area (Å²) in [6.07, 6.45) is 0. The predicted molar refractivity (Wildman–Crippen MR) is 54.4 cm³/mol. The normalized spacial score (nSPS) is 9.86. The van der Waals surface area contributed by atoms with Crippen molar-refractivity contribution in [2.24, 2.45) is 0 Å². The van der Waals surface area contributed by atoms with Gasteiger partial charge in [-0.1, -0.05) is 11.3 Å². The minimum absolute atomic E-state index is 0.232. The lowest BCUT2D eigenvalue weighted by atomic mass is 10.5. The van der Waals surface area contributed by atoms with Gasteiger partial charge in [-0.3, -0.25) is 4.79 Å². The van der Waals surface area contributed by atoms with Crippen LogP contribution in [0.3, 0.4) is 0 Å². The Kier molecular flexibility index (Phi) is 4.31. The van der Waals surface area contributed by atoms with Crippen LogP contribution in [0.2, 0.25) is 0 Å². The molecule has 1 heterocycles. The van der Waals surface area contributed by atoms with E-state index in [0.29, 0.717) is 13.2 Å². The van der Waals surface area contributed by atoms with Crippen molar-refractivity contribution in [2.45, 2.75) is 13.8 Å². The topological polar surface area (TPSA) is 55.3 Å². The van der Waals surface area contributed by atoms with Gasteiger partial charge < -0.3 is 9.64 Å². The van der Waals surface area contributed by atoms with Crippen molar-refractivity contribution >= 4 is 22.4 Å². The van der Waals surface area contributed by atoms with Gasteiger partial charge in [0.1, 0.15) is 12.1 Å². The zero-order valence-corrected chi connectivity index (χ0v) is 9.08. The molecule has 78 valence electrons. The Morgan fingerprint density at radius 1 is 1.64 bits per heavy atom. The molecule has 1 aromatic heterocycles. The highest BCUT2D eigenvalue weighted by Gasteiger charge is 2.12. The van der Waals surface area contributed by atoms with Crippen molar-refractivity contribution in [1.82, 2.24) is 10.2 Å². The van der Waals surface area contributed by atoms with E-state index >= 15 is 0 Å². The fourth-order valence-electron chi connectivity index (χ4n) is 0.982. The lowest BCUT2D eigenvalue weighted by molar-refractivity contribution is -0.141. The first-order chi connectivity index (χ1) is 6.77. The highest BCUT2D eigenvalue weighted by atomic mass is 32.1. The van der Waals surface area contributed by atoms with Gasteiger partial charge in [0.25, 0.3) is 0 Å². The molecule has 0 aromatic carbocycles. The molecule has 5 nitrogen and oxygen atoms in total. The van der Waals surface area contributed by atoms with Crippen molar-refractivity contribution in [1.29, 1.82) is 0 Å². The van der Waals surface area contributed by atoms with E-state index in [0.717, 1.165) is 5.13 Å². The number of likely N-dealkylation sites (N-methyl/N-ethyl adjacent to an activating group) is 1. The Bertz CT molecular complexity index is 276. The van der Waals surface area contributed by atoms with E-state index < -0.39 is 0 Å². The summed E-state index contributed by atoms with van der Waals surface area (Å²) in [5.74, 6) is -0.232. The second-order valence-corrected chi connectivity index (χ2v) is 3.35. The zero-order valence-electron chi connectivity index (χ0n) is 8.27. The maximum absolute atomic E-state index is 11.2. The Balaban J connectivity index is 2.51. The van der Waals surface area contributed by atoms with Crippen LogP contribution in [0.15, 0.2) is 5.51 Å². The molecule has 0 atom stereocenters. The van der Waals surface area contributed by atoms with Crippen LogP contribution < -0.4 is 4.90 Å². The third-order valence-corrected chi connectivity index (χ3v) is 2.38. The highest BCUT2D eigenvalue weighted by Crippen LogP contribution is 2.14. The SMILES string of the molecule is CCOC(=O)CN(CC)c1nncs1. The molecule has 0 radical (unpaired) electrons. The molecule has 0 amide bonds. The molecule has 0 saturated heterocycles. The Morgan fingerprint density at radius 2 is 2.43 bits per heavy atom. The first-order valence-corrected chi connectivity index (χ1v) is 5.32. The number of rotatable bonds is 5.